The Kier molecular flexibility index (Phi) is 5.55. The highest BCUT2D eigenvalue weighted by molar-refractivity contribution is 7.99. The number of hydrogen-bond acceptors (Lipinski definition) is 3. The van der Waals surface area contributed by atoms with Crippen molar-refractivity contribution in [1.29, 1.82) is 0 Å². The molecule has 1 amide bonds. The summed E-state index contributed by atoms with van der Waals surface area (Å²) in [5.41, 5.74) is 10.3. The third kappa shape index (κ3) is 4.01. The molecule has 1 aliphatic carbocycles. The average Bonchev–Trinajstić information content (AvgIpc) is 2.62. The largest absolute Gasteiger partial charge is 0.366 e. The first-order valence-corrected chi connectivity index (χ1v) is 10.8. The minimum absolute atomic E-state index is 0.0413. The zero-order chi connectivity index (χ0) is 18.9. The first kappa shape index (κ1) is 19.5. The highest BCUT2D eigenvalue weighted by atomic mass is 32.2. The van der Waals surface area contributed by atoms with Gasteiger partial charge in [-0.3, -0.25) is 9.69 Å². The van der Waals surface area contributed by atoms with Gasteiger partial charge in [-0.25, -0.2) is 0 Å². The van der Waals surface area contributed by atoms with Crippen molar-refractivity contribution in [2.24, 2.45) is 11.1 Å². The van der Waals surface area contributed by atoms with Crippen LogP contribution in [0.4, 0.5) is 0 Å². The van der Waals surface area contributed by atoms with Crippen LogP contribution in [0.2, 0.25) is 0 Å². The normalized spacial score (nSPS) is 21.3. The van der Waals surface area contributed by atoms with Crippen LogP contribution in [0, 0.1) is 5.41 Å². The topological polar surface area (TPSA) is 46.3 Å². The molecule has 4 heteroatoms. The van der Waals surface area contributed by atoms with E-state index < -0.39 is 0 Å². The number of rotatable bonds is 4. The van der Waals surface area contributed by atoms with E-state index in [1.807, 2.05) is 17.8 Å². The van der Waals surface area contributed by atoms with Gasteiger partial charge in [0, 0.05) is 35.7 Å². The summed E-state index contributed by atoms with van der Waals surface area (Å²) in [6.45, 7) is 11.4. The second kappa shape index (κ2) is 7.40. The molecule has 1 fully saturated rings. The molecule has 1 saturated heterocycles. The van der Waals surface area contributed by atoms with Crippen LogP contribution in [0.1, 0.15) is 68.4 Å². The third-order valence-electron chi connectivity index (χ3n) is 6.11. The molecule has 1 aromatic rings. The lowest BCUT2D eigenvalue weighted by Gasteiger charge is -2.41. The number of amides is 1. The monoisotopic (exact) mass is 372 g/mol. The van der Waals surface area contributed by atoms with Gasteiger partial charge in [0.15, 0.2) is 0 Å². The van der Waals surface area contributed by atoms with Crippen molar-refractivity contribution in [3.8, 4) is 0 Å². The molecule has 0 aromatic heterocycles. The molecule has 1 aliphatic heterocycles. The van der Waals surface area contributed by atoms with Crippen molar-refractivity contribution in [3.63, 3.8) is 0 Å². The van der Waals surface area contributed by atoms with Crippen LogP contribution >= 0.6 is 11.8 Å². The van der Waals surface area contributed by atoms with Gasteiger partial charge in [0.1, 0.15) is 0 Å². The molecular weight excluding hydrogens is 340 g/mol. The van der Waals surface area contributed by atoms with E-state index in [1.54, 1.807) is 0 Å². The number of thioether (sulfide) groups is 1. The molecule has 26 heavy (non-hydrogen) atoms. The van der Waals surface area contributed by atoms with E-state index in [0.717, 1.165) is 37.9 Å². The molecule has 1 heterocycles. The summed E-state index contributed by atoms with van der Waals surface area (Å²) in [5.74, 6) is 2.05. The SMILES string of the molecule is CC1(C)CC=C(c2cc(C(C)(C)N3CCSCC3)ccc2C(N)=O)CC1. The maximum absolute atomic E-state index is 12.0. The first-order chi connectivity index (χ1) is 12.2. The zero-order valence-corrected chi connectivity index (χ0v) is 17.4. The molecule has 0 bridgehead atoms. The first-order valence-electron chi connectivity index (χ1n) is 9.67. The summed E-state index contributed by atoms with van der Waals surface area (Å²) in [6, 6.07) is 6.26. The minimum atomic E-state index is -0.329. The van der Waals surface area contributed by atoms with Crippen molar-refractivity contribution < 1.29 is 4.79 Å². The summed E-state index contributed by atoms with van der Waals surface area (Å²) in [4.78, 5) is 14.6. The minimum Gasteiger partial charge on any atom is -0.366 e. The number of nitrogens with two attached hydrogens (primary N) is 1. The Morgan fingerprint density at radius 3 is 2.50 bits per heavy atom. The van der Waals surface area contributed by atoms with Gasteiger partial charge in [0.2, 0.25) is 5.91 Å². The van der Waals surface area contributed by atoms with Crippen LogP contribution in [0.15, 0.2) is 24.3 Å². The third-order valence-corrected chi connectivity index (χ3v) is 7.05. The zero-order valence-electron chi connectivity index (χ0n) is 16.6. The van der Waals surface area contributed by atoms with Crippen molar-refractivity contribution in [1.82, 2.24) is 4.90 Å². The molecular formula is C22H32N2OS. The fourth-order valence-corrected chi connectivity index (χ4v) is 4.93. The summed E-state index contributed by atoms with van der Waals surface area (Å²) < 4.78 is 0. The van der Waals surface area contributed by atoms with Crippen LogP contribution < -0.4 is 5.73 Å². The summed E-state index contributed by atoms with van der Waals surface area (Å²) in [6.07, 6.45) is 5.53. The number of carbonyl (C=O) groups is 1. The fraction of sp³-hybridized carbons (Fsp3) is 0.591. The maximum Gasteiger partial charge on any atom is 0.249 e. The Bertz CT molecular complexity index is 715. The lowest BCUT2D eigenvalue weighted by atomic mass is 9.76. The van der Waals surface area contributed by atoms with E-state index in [4.69, 9.17) is 5.73 Å². The predicted octanol–water partition coefficient (Wildman–Crippen LogP) is 4.66. The van der Waals surface area contributed by atoms with Gasteiger partial charge in [-0.1, -0.05) is 26.0 Å². The second-order valence-corrected chi connectivity index (χ2v) is 10.1. The molecule has 3 rings (SSSR count). The van der Waals surface area contributed by atoms with Crippen molar-refractivity contribution in [3.05, 3.63) is 41.0 Å². The smallest absolute Gasteiger partial charge is 0.249 e. The van der Waals surface area contributed by atoms with E-state index in [9.17, 15) is 4.79 Å². The standard InChI is InChI=1S/C22H32N2OS/c1-21(2)9-7-16(8-10-21)19-15-17(5-6-18(19)20(23)25)22(3,4)24-11-13-26-14-12-24/h5-7,15H,8-14H2,1-4H3,(H2,23,25). The lowest BCUT2D eigenvalue weighted by Crippen LogP contribution is -2.46. The van der Waals surface area contributed by atoms with Gasteiger partial charge >= 0.3 is 0 Å². The second-order valence-electron chi connectivity index (χ2n) is 8.88. The summed E-state index contributed by atoms with van der Waals surface area (Å²) in [7, 11) is 0. The maximum atomic E-state index is 12.0. The molecule has 0 spiro atoms. The van der Waals surface area contributed by atoms with Crippen LogP contribution in [0.25, 0.3) is 5.57 Å². The average molecular weight is 373 g/mol. The summed E-state index contributed by atoms with van der Waals surface area (Å²) in [5, 5.41) is 0. The molecule has 1 aromatic carbocycles. The van der Waals surface area contributed by atoms with Crippen molar-refractivity contribution >= 4 is 23.2 Å². The van der Waals surface area contributed by atoms with Gasteiger partial charge in [-0.15, -0.1) is 0 Å². The molecule has 2 N–H and O–H groups in total. The quantitative estimate of drug-likeness (QED) is 0.836. The molecule has 3 nitrogen and oxygen atoms in total. The number of hydrogen-bond donors (Lipinski definition) is 1. The van der Waals surface area contributed by atoms with E-state index in [-0.39, 0.29) is 11.4 Å². The highest BCUT2D eigenvalue weighted by Gasteiger charge is 2.31. The van der Waals surface area contributed by atoms with Gasteiger partial charge in [0.05, 0.1) is 0 Å². The van der Waals surface area contributed by atoms with E-state index in [0.29, 0.717) is 11.0 Å². The number of nitrogens with zero attached hydrogens (tertiary/aromatic N) is 1. The molecule has 2 aliphatic rings. The molecule has 0 radical (unpaired) electrons. The van der Waals surface area contributed by atoms with Crippen LogP contribution in [-0.2, 0) is 5.54 Å². The Hall–Kier alpha value is -1.26. The van der Waals surface area contributed by atoms with E-state index >= 15 is 0 Å². The fourth-order valence-electron chi connectivity index (χ4n) is 4.03. The Morgan fingerprint density at radius 1 is 1.23 bits per heavy atom. The van der Waals surface area contributed by atoms with Crippen LogP contribution in [0.3, 0.4) is 0 Å². The number of primary amides is 1. The van der Waals surface area contributed by atoms with Crippen LogP contribution in [0.5, 0.6) is 0 Å². The predicted molar refractivity (Wildman–Crippen MR) is 112 cm³/mol. The van der Waals surface area contributed by atoms with Crippen molar-refractivity contribution in [2.75, 3.05) is 24.6 Å². The highest BCUT2D eigenvalue weighted by Crippen LogP contribution is 2.40. The molecule has 142 valence electrons. The van der Waals surface area contributed by atoms with Crippen molar-refractivity contribution in [2.45, 2.75) is 52.5 Å². The number of benzene rings is 1. The van der Waals surface area contributed by atoms with E-state index in [2.05, 4.69) is 50.8 Å². The van der Waals surface area contributed by atoms with Crippen LogP contribution in [-0.4, -0.2) is 35.4 Å². The molecule has 0 unspecified atom stereocenters. The lowest BCUT2D eigenvalue weighted by molar-refractivity contribution is 0.0999. The van der Waals surface area contributed by atoms with Gasteiger partial charge in [-0.2, -0.15) is 11.8 Å². The van der Waals surface area contributed by atoms with Gasteiger partial charge in [-0.05, 0) is 67.4 Å². The van der Waals surface area contributed by atoms with E-state index in [1.165, 1.54) is 22.6 Å². The van der Waals surface area contributed by atoms with Gasteiger partial charge in [0.25, 0.3) is 0 Å². The Labute approximate surface area is 162 Å². The Morgan fingerprint density at radius 2 is 1.92 bits per heavy atom. The van der Waals surface area contributed by atoms with Gasteiger partial charge < -0.3 is 5.73 Å². The molecule has 0 saturated carbocycles. The number of carbonyl (C=O) groups excluding carboxylic acids is 1. The number of allylic oxidation sites excluding steroid dienone is 2. The molecule has 0 atom stereocenters. The summed E-state index contributed by atoms with van der Waals surface area (Å²) >= 11 is 2.03. The Balaban J connectivity index is 1.99.